The highest BCUT2D eigenvalue weighted by Crippen LogP contribution is 2.22. The Balaban J connectivity index is 2.08. The van der Waals surface area contributed by atoms with Crippen molar-refractivity contribution in [1.82, 2.24) is 5.32 Å². The highest BCUT2D eigenvalue weighted by molar-refractivity contribution is 7.80. The second-order valence-corrected chi connectivity index (χ2v) is 5.97. The average molecular weight is 363 g/mol. The zero-order valence-electron chi connectivity index (χ0n) is 13.5. The van der Waals surface area contributed by atoms with Crippen LogP contribution in [0.25, 0.3) is 0 Å². The zero-order chi connectivity index (χ0) is 17.5. The second kappa shape index (κ2) is 8.66. The Kier molecular flexibility index (Phi) is 6.58. The average Bonchev–Trinajstić information content (AvgIpc) is 2.61. The number of carbonyl (C=O) groups is 1. The molecule has 0 aromatic heterocycles. The summed E-state index contributed by atoms with van der Waals surface area (Å²) in [5.41, 5.74) is 2.12. The monoisotopic (exact) mass is 362 g/mol. The van der Waals surface area contributed by atoms with Crippen molar-refractivity contribution in [2.24, 2.45) is 0 Å². The fourth-order valence-corrected chi connectivity index (χ4v) is 2.76. The Bertz CT molecular complexity index is 722. The molecule has 0 spiro atoms. The fraction of sp³-hybridized carbons (Fsp3) is 0.222. The van der Waals surface area contributed by atoms with Gasteiger partial charge in [-0.1, -0.05) is 48.9 Å². The molecule has 0 heterocycles. The number of anilines is 1. The topological polar surface area (TPSA) is 50.4 Å². The van der Waals surface area contributed by atoms with Crippen molar-refractivity contribution in [2.45, 2.75) is 19.4 Å². The van der Waals surface area contributed by atoms with Gasteiger partial charge in [-0.15, -0.1) is 0 Å². The first kappa shape index (κ1) is 18.2. The number of benzene rings is 2. The molecule has 0 saturated carbocycles. The summed E-state index contributed by atoms with van der Waals surface area (Å²) in [6.45, 7) is 2.09. The van der Waals surface area contributed by atoms with Crippen LogP contribution in [0.1, 0.15) is 35.3 Å². The van der Waals surface area contributed by atoms with Gasteiger partial charge in [0.15, 0.2) is 5.11 Å². The summed E-state index contributed by atoms with van der Waals surface area (Å²) in [6.07, 6.45) is 0.889. The van der Waals surface area contributed by atoms with E-state index in [0.29, 0.717) is 21.4 Å². The van der Waals surface area contributed by atoms with E-state index in [2.05, 4.69) is 29.7 Å². The van der Waals surface area contributed by atoms with Crippen LogP contribution >= 0.6 is 23.8 Å². The summed E-state index contributed by atoms with van der Waals surface area (Å²) < 4.78 is 4.72. The Morgan fingerprint density at radius 3 is 2.58 bits per heavy atom. The Labute approximate surface area is 152 Å². The summed E-state index contributed by atoms with van der Waals surface area (Å²) in [5.74, 6) is -0.488. The summed E-state index contributed by atoms with van der Waals surface area (Å²) in [4.78, 5) is 11.7. The molecule has 126 valence electrons. The summed E-state index contributed by atoms with van der Waals surface area (Å²) >= 11 is 11.4. The number of hydrogen-bond acceptors (Lipinski definition) is 3. The van der Waals surface area contributed by atoms with Crippen LogP contribution in [0.15, 0.2) is 48.5 Å². The van der Waals surface area contributed by atoms with Crippen LogP contribution in [-0.4, -0.2) is 18.2 Å². The van der Waals surface area contributed by atoms with Crippen LogP contribution in [0.3, 0.4) is 0 Å². The first-order valence-corrected chi connectivity index (χ1v) is 8.34. The fourth-order valence-electron chi connectivity index (χ4n) is 2.30. The molecule has 0 amide bonds. The molecule has 2 N–H and O–H groups in total. The third-order valence-corrected chi connectivity index (χ3v) is 4.09. The Morgan fingerprint density at radius 1 is 1.25 bits per heavy atom. The van der Waals surface area contributed by atoms with Crippen molar-refractivity contribution >= 4 is 40.6 Å². The number of esters is 1. The lowest BCUT2D eigenvalue weighted by Gasteiger charge is -2.20. The van der Waals surface area contributed by atoms with Gasteiger partial charge >= 0.3 is 5.97 Å². The van der Waals surface area contributed by atoms with Gasteiger partial charge < -0.3 is 15.4 Å². The van der Waals surface area contributed by atoms with E-state index >= 15 is 0 Å². The van der Waals surface area contributed by atoms with E-state index in [4.69, 9.17) is 28.6 Å². The van der Waals surface area contributed by atoms with Gasteiger partial charge in [-0.3, -0.25) is 0 Å². The molecule has 2 aromatic carbocycles. The number of hydrogen-bond donors (Lipinski definition) is 2. The smallest absolute Gasteiger partial charge is 0.339 e. The summed E-state index contributed by atoms with van der Waals surface area (Å²) in [7, 11) is 1.32. The molecule has 2 rings (SSSR count). The maximum Gasteiger partial charge on any atom is 0.339 e. The Morgan fingerprint density at radius 2 is 1.96 bits per heavy atom. The van der Waals surface area contributed by atoms with Gasteiger partial charge in [0.2, 0.25) is 0 Å². The molecule has 2 aromatic rings. The lowest BCUT2D eigenvalue weighted by atomic mass is 10.1. The first-order valence-electron chi connectivity index (χ1n) is 7.55. The van der Waals surface area contributed by atoms with Gasteiger partial charge in [0.25, 0.3) is 0 Å². The van der Waals surface area contributed by atoms with Gasteiger partial charge in [0.1, 0.15) is 0 Å². The minimum atomic E-state index is -0.488. The van der Waals surface area contributed by atoms with E-state index in [1.165, 1.54) is 7.11 Å². The van der Waals surface area contributed by atoms with Crippen molar-refractivity contribution < 1.29 is 9.53 Å². The maximum absolute atomic E-state index is 11.7. The highest BCUT2D eigenvalue weighted by atomic mass is 35.5. The minimum Gasteiger partial charge on any atom is -0.465 e. The number of rotatable bonds is 5. The van der Waals surface area contributed by atoms with Crippen LogP contribution in [0, 0.1) is 0 Å². The SMILES string of the molecule is CCC(NC(=S)Nc1ccc(Cl)c(C(=O)OC)c1)c1ccccc1. The number of thiocarbonyl (C=S) groups is 1. The maximum atomic E-state index is 11.7. The third-order valence-electron chi connectivity index (χ3n) is 3.55. The third kappa shape index (κ3) is 4.69. The molecule has 0 aliphatic rings. The van der Waals surface area contributed by atoms with Crippen LogP contribution in [0.2, 0.25) is 5.02 Å². The highest BCUT2D eigenvalue weighted by Gasteiger charge is 2.13. The number of ether oxygens (including phenoxy) is 1. The lowest BCUT2D eigenvalue weighted by Crippen LogP contribution is -2.32. The van der Waals surface area contributed by atoms with Crippen LogP contribution in [0.4, 0.5) is 5.69 Å². The molecule has 6 heteroatoms. The number of halogens is 1. The Hall–Kier alpha value is -2.11. The lowest BCUT2D eigenvalue weighted by molar-refractivity contribution is 0.0601. The van der Waals surface area contributed by atoms with Crippen LogP contribution < -0.4 is 10.6 Å². The predicted octanol–water partition coefficient (Wildman–Crippen LogP) is 4.56. The summed E-state index contributed by atoms with van der Waals surface area (Å²) in [5, 5.41) is 7.17. The molecule has 4 nitrogen and oxygen atoms in total. The molecule has 0 aliphatic carbocycles. The zero-order valence-corrected chi connectivity index (χ0v) is 15.1. The molecule has 0 saturated heterocycles. The van der Waals surface area contributed by atoms with E-state index in [1.54, 1.807) is 18.2 Å². The van der Waals surface area contributed by atoms with Gasteiger partial charge in [0, 0.05) is 5.69 Å². The normalized spacial score (nSPS) is 11.5. The van der Waals surface area contributed by atoms with E-state index < -0.39 is 5.97 Å². The molecule has 1 unspecified atom stereocenters. The second-order valence-electron chi connectivity index (χ2n) is 5.16. The van der Waals surface area contributed by atoms with Gasteiger partial charge in [0.05, 0.1) is 23.7 Å². The van der Waals surface area contributed by atoms with Crippen molar-refractivity contribution in [3.63, 3.8) is 0 Å². The molecular weight excluding hydrogens is 344 g/mol. The summed E-state index contributed by atoms with van der Waals surface area (Å²) in [6, 6.07) is 15.2. The molecule has 0 aliphatic heterocycles. The standard InChI is InChI=1S/C18H19ClN2O2S/c1-3-16(12-7-5-4-6-8-12)21-18(24)20-13-9-10-15(19)14(11-13)17(22)23-2/h4-11,16H,3H2,1-2H3,(H2,20,21,24). The van der Waals surface area contributed by atoms with E-state index in [0.717, 1.165) is 12.0 Å². The van der Waals surface area contributed by atoms with E-state index in [9.17, 15) is 4.79 Å². The molecule has 0 radical (unpaired) electrons. The van der Waals surface area contributed by atoms with Crippen molar-refractivity contribution in [3.8, 4) is 0 Å². The molecule has 0 fully saturated rings. The van der Waals surface area contributed by atoms with Crippen LogP contribution in [0.5, 0.6) is 0 Å². The van der Waals surface area contributed by atoms with Gasteiger partial charge in [-0.05, 0) is 42.4 Å². The molecular formula is C18H19ClN2O2S. The van der Waals surface area contributed by atoms with Gasteiger partial charge in [-0.25, -0.2) is 4.79 Å². The van der Waals surface area contributed by atoms with Crippen molar-refractivity contribution in [2.75, 3.05) is 12.4 Å². The van der Waals surface area contributed by atoms with E-state index in [1.807, 2.05) is 18.2 Å². The van der Waals surface area contributed by atoms with Crippen molar-refractivity contribution in [3.05, 3.63) is 64.7 Å². The molecule has 24 heavy (non-hydrogen) atoms. The van der Waals surface area contributed by atoms with Crippen LogP contribution in [-0.2, 0) is 4.74 Å². The first-order chi connectivity index (χ1) is 11.5. The van der Waals surface area contributed by atoms with Crippen molar-refractivity contribution in [1.29, 1.82) is 0 Å². The minimum absolute atomic E-state index is 0.110. The quantitative estimate of drug-likeness (QED) is 0.603. The number of nitrogens with one attached hydrogen (secondary N) is 2. The number of methoxy groups -OCH3 is 1. The van der Waals surface area contributed by atoms with E-state index in [-0.39, 0.29) is 6.04 Å². The predicted molar refractivity (Wildman–Crippen MR) is 102 cm³/mol. The molecule has 0 bridgehead atoms. The number of carbonyl (C=O) groups excluding carboxylic acids is 1. The van der Waals surface area contributed by atoms with Gasteiger partial charge in [-0.2, -0.15) is 0 Å². The molecule has 1 atom stereocenters. The largest absolute Gasteiger partial charge is 0.465 e.